The molecule has 4 rings (SSSR count). The zero-order valence-electron chi connectivity index (χ0n) is 20.5. The molecule has 1 unspecified atom stereocenters. The van der Waals surface area contributed by atoms with Crippen LogP contribution in [0.1, 0.15) is 40.2 Å². The third-order valence-electron chi connectivity index (χ3n) is 5.21. The highest BCUT2D eigenvalue weighted by Gasteiger charge is 2.22. The lowest BCUT2D eigenvalue weighted by Gasteiger charge is -2.11. The van der Waals surface area contributed by atoms with E-state index < -0.39 is 12.2 Å². The van der Waals surface area contributed by atoms with Crippen LogP contribution in [0, 0.1) is 11.8 Å². The SMILES string of the molecule is [2H]C([2H])(Oc1cc(-c2cnn(C3CCN(C)C3)c2)cnc1N)c1cccc(C#CC(C)(C)O)c1. The number of hydrogen-bond acceptors (Lipinski definition) is 6. The van der Waals surface area contributed by atoms with Gasteiger partial charge >= 0.3 is 0 Å². The van der Waals surface area contributed by atoms with Crippen molar-refractivity contribution in [2.75, 3.05) is 25.9 Å². The summed E-state index contributed by atoms with van der Waals surface area (Å²) in [4.78, 5) is 6.49. The van der Waals surface area contributed by atoms with Crippen LogP contribution in [0.4, 0.5) is 5.82 Å². The molecule has 3 N–H and O–H groups in total. The Morgan fingerprint density at radius 2 is 2.16 bits per heavy atom. The van der Waals surface area contributed by atoms with E-state index in [0.29, 0.717) is 11.6 Å². The van der Waals surface area contributed by atoms with Crippen LogP contribution in [0.5, 0.6) is 5.75 Å². The van der Waals surface area contributed by atoms with Gasteiger partial charge in [0.25, 0.3) is 0 Å². The maximum atomic E-state index is 9.83. The molecule has 1 atom stereocenters. The number of ether oxygens (including phenoxy) is 1. The molecule has 7 heteroatoms. The molecule has 0 radical (unpaired) electrons. The molecule has 166 valence electrons. The van der Waals surface area contributed by atoms with Crippen LogP contribution in [0.2, 0.25) is 0 Å². The first-order valence-corrected chi connectivity index (χ1v) is 10.5. The molecule has 0 bridgehead atoms. The summed E-state index contributed by atoms with van der Waals surface area (Å²) in [5.74, 6) is 5.82. The van der Waals surface area contributed by atoms with E-state index in [1.807, 2.05) is 10.9 Å². The predicted octanol–water partition coefficient (Wildman–Crippen LogP) is 3.11. The molecule has 1 aromatic carbocycles. The fourth-order valence-electron chi connectivity index (χ4n) is 3.51. The van der Waals surface area contributed by atoms with E-state index in [4.69, 9.17) is 13.2 Å². The van der Waals surface area contributed by atoms with Gasteiger partial charge in [-0.25, -0.2) is 4.98 Å². The number of aliphatic hydroxyl groups is 1. The molecule has 3 heterocycles. The molecule has 1 saturated heterocycles. The van der Waals surface area contributed by atoms with E-state index in [9.17, 15) is 5.11 Å². The number of nitrogens with two attached hydrogens (primary N) is 1. The number of anilines is 1. The summed E-state index contributed by atoms with van der Waals surface area (Å²) < 4.78 is 24.7. The molecule has 0 amide bonds. The highest BCUT2D eigenvalue weighted by Crippen LogP contribution is 2.29. The topological polar surface area (TPSA) is 89.4 Å². The first-order valence-electron chi connectivity index (χ1n) is 11.5. The molecular formula is C25H29N5O2. The monoisotopic (exact) mass is 433 g/mol. The standard InChI is InChI=1S/C25H29N5O2/c1-25(2,31)9-7-18-5-4-6-19(11-18)17-32-23-12-20(13-27-24(23)26)21-14-28-30(15-21)22-8-10-29(3)16-22/h4-6,11-15,22,31H,8,10,16-17H2,1-3H3,(H2,26,27)/i17D2. The fourth-order valence-corrected chi connectivity index (χ4v) is 3.51. The van der Waals surface area contributed by atoms with Gasteiger partial charge < -0.3 is 20.5 Å². The Hall–Kier alpha value is -3.34. The number of nitrogen functional groups attached to an aromatic ring is 1. The molecule has 7 nitrogen and oxygen atoms in total. The van der Waals surface area contributed by atoms with E-state index in [2.05, 4.69) is 33.9 Å². The molecule has 1 aliphatic rings. The van der Waals surface area contributed by atoms with E-state index >= 15 is 0 Å². The number of pyridine rings is 1. The fraction of sp³-hybridized carbons (Fsp3) is 0.360. The van der Waals surface area contributed by atoms with Gasteiger partial charge in [0.1, 0.15) is 12.2 Å². The molecule has 2 aromatic heterocycles. The molecule has 0 saturated carbocycles. The van der Waals surface area contributed by atoms with Gasteiger partial charge in [-0.3, -0.25) is 4.68 Å². The first-order chi connectivity index (χ1) is 16.0. The van der Waals surface area contributed by atoms with Gasteiger partial charge in [0.15, 0.2) is 11.6 Å². The van der Waals surface area contributed by atoms with Crippen LogP contribution in [0.25, 0.3) is 11.1 Å². The second-order valence-electron chi connectivity index (χ2n) is 8.62. The summed E-state index contributed by atoms with van der Waals surface area (Å²) >= 11 is 0. The lowest BCUT2D eigenvalue weighted by Crippen LogP contribution is -2.16. The van der Waals surface area contributed by atoms with Crippen molar-refractivity contribution >= 4 is 5.82 Å². The molecule has 0 spiro atoms. The van der Waals surface area contributed by atoms with E-state index in [1.54, 1.807) is 56.6 Å². The molecule has 0 aliphatic carbocycles. The van der Waals surface area contributed by atoms with Crippen LogP contribution in [-0.4, -0.2) is 50.5 Å². The van der Waals surface area contributed by atoms with E-state index in [-0.39, 0.29) is 17.1 Å². The van der Waals surface area contributed by atoms with Crippen LogP contribution >= 0.6 is 0 Å². The van der Waals surface area contributed by atoms with Gasteiger partial charge in [0.05, 0.1) is 15.0 Å². The lowest BCUT2D eigenvalue weighted by atomic mass is 10.1. The predicted molar refractivity (Wildman–Crippen MR) is 125 cm³/mol. The number of likely N-dealkylation sites (tertiary alicyclic amines) is 1. The van der Waals surface area contributed by atoms with Crippen molar-refractivity contribution in [2.45, 2.75) is 38.5 Å². The van der Waals surface area contributed by atoms with Gasteiger partial charge in [-0.15, -0.1) is 0 Å². The van der Waals surface area contributed by atoms with Crippen molar-refractivity contribution in [1.29, 1.82) is 0 Å². The summed E-state index contributed by atoms with van der Waals surface area (Å²) in [5, 5.41) is 14.3. The van der Waals surface area contributed by atoms with Crippen LogP contribution < -0.4 is 10.5 Å². The Labute approximate surface area is 191 Å². The summed E-state index contributed by atoms with van der Waals surface area (Å²) in [6, 6.07) is 8.66. The Kier molecular flexibility index (Phi) is 5.46. The maximum absolute atomic E-state index is 9.83. The number of nitrogens with zero attached hydrogens (tertiary/aromatic N) is 4. The molecule has 1 aliphatic heterocycles. The quantitative estimate of drug-likeness (QED) is 0.601. The zero-order valence-corrected chi connectivity index (χ0v) is 18.5. The second kappa shape index (κ2) is 9.03. The molecular weight excluding hydrogens is 402 g/mol. The summed E-state index contributed by atoms with van der Waals surface area (Å²) in [7, 11) is 2.10. The van der Waals surface area contributed by atoms with Gasteiger partial charge in [0.2, 0.25) is 0 Å². The first kappa shape index (κ1) is 19.4. The highest BCUT2D eigenvalue weighted by molar-refractivity contribution is 5.65. The van der Waals surface area contributed by atoms with Crippen LogP contribution in [0.15, 0.2) is 48.9 Å². The second-order valence-corrected chi connectivity index (χ2v) is 8.62. The van der Waals surface area contributed by atoms with Crippen molar-refractivity contribution in [2.24, 2.45) is 0 Å². The smallest absolute Gasteiger partial charge is 0.166 e. The summed E-state index contributed by atoms with van der Waals surface area (Å²) in [5.41, 5.74) is 7.31. The third-order valence-corrected chi connectivity index (χ3v) is 5.21. The number of likely N-dealkylation sites (N-methyl/N-ethyl adjacent to an activating group) is 1. The zero-order chi connectivity index (χ0) is 24.5. The minimum atomic E-state index is -2.18. The Morgan fingerprint density at radius 1 is 1.31 bits per heavy atom. The highest BCUT2D eigenvalue weighted by atomic mass is 16.5. The van der Waals surface area contributed by atoms with E-state index in [1.165, 1.54) is 0 Å². The normalized spacial score (nSPS) is 17.9. The summed E-state index contributed by atoms with van der Waals surface area (Å²) in [6.45, 7) is 2.99. The number of aromatic nitrogens is 3. The Morgan fingerprint density at radius 3 is 2.91 bits per heavy atom. The largest absolute Gasteiger partial charge is 0.485 e. The minimum absolute atomic E-state index is 0.0930. The Balaban J connectivity index is 1.57. The molecule has 32 heavy (non-hydrogen) atoms. The molecule has 3 aromatic rings. The number of rotatable bonds is 5. The minimum Gasteiger partial charge on any atom is -0.485 e. The van der Waals surface area contributed by atoms with Crippen molar-refractivity contribution in [3.63, 3.8) is 0 Å². The van der Waals surface area contributed by atoms with Crippen molar-refractivity contribution in [1.82, 2.24) is 19.7 Å². The van der Waals surface area contributed by atoms with Gasteiger partial charge in [-0.2, -0.15) is 5.10 Å². The number of hydrogen-bond donors (Lipinski definition) is 2. The van der Waals surface area contributed by atoms with E-state index in [0.717, 1.165) is 30.6 Å². The average molecular weight is 434 g/mol. The van der Waals surface area contributed by atoms with Gasteiger partial charge in [-0.1, -0.05) is 24.0 Å². The average Bonchev–Trinajstić information content (AvgIpc) is 3.43. The summed E-state index contributed by atoms with van der Waals surface area (Å²) in [6.07, 6.45) is 6.42. The van der Waals surface area contributed by atoms with Gasteiger partial charge in [-0.05, 0) is 57.6 Å². The van der Waals surface area contributed by atoms with Crippen LogP contribution in [-0.2, 0) is 6.56 Å². The van der Waals surface area contributed by atoms with Crippen molar-refractivity contribution < 1.29 is 12.6 Å². The lowest BCUT2D eigenvalue weighted by molar-refractivity contribution is 0.143. The Bertz CT molecular complexity index is 1240. The third kappa shape index (κ3) is 5.47. The van der Waals surface area contributed by atoms with Crippen LogP contribution in [0.3, 0.4) is 0 Å². The molecule has 1 fully saturated rings. The van der Waals surface area contributed by atoms with Gasteiger partial charge in [0, 0.05) is 35.6 Å². The van der Waals surface area contributed by atoms with Crippen molar-refractivity contribution in [3.8, 4) is 28.7 Å². The van der Waals surface area contributed by atoms with Crippen molar-refractivity contribution in [3.05, 3.63) is 60.0 Å². The number of benzene rings is 1. The maximum Gasteiger partial charge on any atom is 0.166 e.